The summed E-state index contributed by atoms with van der Waals surface area (Å²) < 4.78 is 24.1. The molecule has 3 aliphatic carbocycles. The van der Waals surface area contributed by atoms with Crippen LogP contribution in [0.1, 0.15) is 94.4 Å². The lowest BCUT2D eigenvalue weighted by atomic mass is 9.50. The highest BCUT2D eigenvalue weighted by Crippen LogP contribution is 2.60. The molecule has 2 bridgehead atoms. The van der Waals surface area contributed by atoms with Gasteiger partial charge in [-0.2, -0.15) is 0 Å². The summed E-state index contributed by atoms with van der Waals surface area (Å²) >= 11 is 0. The van der Waals surface area contributed by atoms with Crippen LogP contribution in [0.5, 0.6) is 0 Å². The first-order valence-corrected chi connectivity index (χ1v) is 14.1. The van der Waals surface area contributed by atoms with Crippen molar-refractivity contribution in [2.45, 2.75) is 119 Å². The van der Waals surface area contributed by atoms with Gasteiger partial charge in [0, 0.05) is 39.0 Å². The van der Waals surface area contributed by atoms with Crippen LogP contribution in [0.4, 0.5) is 0 Å². The molecule has 8 heteroatoms. The SMILES string of the molecule is C=C1[C@@H](OC(C)=O)CC[C@@]2(C)C[C@H](OC(C)=O)C3=C(C)C[C@H](OC(=O)C(C)CC)[C@@H]([C@@H](OC(C)=O)[C@H]12)C3(C)C. The zero-order chi connectivity index (χ0) is 29.4. The molecule has 39 heavy (non-hydrogen) atoms. The van der Waals surface area contributed by atoms with Gasteiger partial charge in [0.25, 0.3) is 0 Å². The average Bonchev–Trinajstić information content (AvgIpc) is 2.77. The second-order valence-electron chi connectivity index (χ2n) is 12.6. The fourth-order valence-corrected chi connectivity index (χ4v) is 7.58. The molecular formula is C31H46O8. The minimum absolute atomic E-state index is 0.281. The second kappa shape index (κ2) is 11.5. The Labute approximate surface area is 232 Å². The molecule has 0 aliphatic heterocycles. The Balaban J connectivity index is 2.28. The minimum Gasteiger partial charge on any atom is -0.461 e. The summed E-state index contributed by atoms with van der Waals surface area (Å²) in [4.78, 5) is 50.1. The zero-order valence-corrected chi connectivity index (χ0v) is 25.1. The Morgan fingerprint density at radius 3 is 2.05 bits per heavy atom. The van der Waals surface area contributed by atoms with Gasteiger partial charge in [0.15, 0.2) is 0 Å². The zero-order valence-electron chi connectivity index (χ0n) is 25.1. The fourth-order valence-electron chi connectivity index (χ4n) is 7.58. The standard InChI is InChI=1S/C31H46O8/c1-11-16(2)29(35)39-23-14-17(3)25-24(37-20(6)33)15-31(10)13-12-22(36-19(5)32)18(4)26(31)28(38-21(7)34)27(23)30(25,8)9/h16,22-24,26-28H,4,11-15H2,1-3,5-10H3/t16?,22-,23-,24-,26-,27-,28-,31-/m0/s1. The molecule has 0 saturated heterocycles. The van der Waals surface area contributed by atoms with E-state index < -0.39 is 59.0 Å². The largest absolute Gasteiger partial charge is 0.461 e. The van der Waals surface area contributed by atoms with E-state index in [1.807, 2.05) is 34.6 Å². The first kappa shape index (κ1) is 30.9. The van der Waals surface area contributed by atoms with Crippen LogP contribution in [0, 0.1) is 28.6 Å². The van der Waals surface area contributed by atoms with E-state index in [-0.39, 0.29) is 17.9 Å². The molecule has 0 heterocycles. The predicted octanol–water partition coefficient (Wildman–Crippen LogP) is 5.48. The van der Waals surface area contributed by atoms with Crippen LogP contribution >= 0.6 is 0 Å². The lowest BCUT2D eigenvalue weighted by Gasteiger charge is -2.58. The van der Waals surface area contributed by atoms with Crippen LogP contribution in [0.25, 0.3) is 0 Å². The molecule has 3 aliphatic rings. The van der Waals surface area contributed by atoms with Crippen molar-refractivity contribution in [2.75, 3.05) is 0 Å². The van der Waals surface area contributed by atoms with Gasteiger partial charge in [0.2, 0.25) is 0 Å². The molecule has 2 saturated carbocycles. The highest BCUT2D eigenvalue weighted by Gasteiger charge is 2.61. The van der Waals surface area contributed by atoms with Crippen molar-refractivity contribution in [2.24, 2.45) is 28.6 Å². The minimum atomic E-state index is -0.704. The molecule has 0 spiro atoms. The highest BCUT2D eigenvalue weighted by atomic mass is 16.6. The molecule has 0 aromatic heterocycles. The lowest BCUT2D eigenvalue weighted by Crippen LogP contribution is -2.60. The van der Waals surface area contributed by atoms with Crippen LogP contribution in [0.15, 0.2) is 23.3 Å². The molecular weight excluding hydrogens is 500 g/mol. The van der Waals surface area contributed by atoms with E-state index >= 15 is 0 Å². The molecule has 0 N–H and O–H groups in total. The summed E-state index contributed by atoms with van der Waals surface area (Å²) in [6, 6.07) is 0. The first-order valence-electron chi connectivity index (χ1n) is 14.1. The molecule has 8 atom stereocenters. The van der Waals surface area contributed by atoms with Crippen molar-refractivity contribution in [1.82, 2.24) is 0 Å². The van der Waals surface area contributed by atoms with Gasteiger partial charge in [-0.3, -0.25) is 19.2 Å². The Kier molecular flexibility index (Phi) is 9.08. The summed E-state index contributed by atoms with van der Waals surface area (Å²) in [6.45, 7) is 20.5. The summed E-state index contributed by atoms with van der Waals surface area (Å²) in [5, 5.41) is 0. The van der Waals surface area contributed by atoms with Gasteiger partial charge < -0.3 is 18.9 Å². The van der Waals surface area contributed by atoms with E-state index in [1.54, 1.807) is 0 Å². The van der Waals surface area contributed by atoms with E-state index in [1.165, 1.54) is 20.8 Å². The molecule has 0 radical (unpaired) electrons. The number of hydrogen-bond donors (Lipinski definition) is 0. The summed E-state index contributed by atoms with van der Waals surface area (Å²) in [5.41, 5.74) is 1.50. The van der Waals surface area contributed by atoms with Crippen molar-refractivity contribution < 1.29 is 38.1 Å². The Hall–Kier alpha value is -2.64. The summed E-state index contributed by atoms with van der Waals surface area (Å²) in [5.74, 6) is -2.68. The highest BCUT2D eigenvalue weighted by molar-refractivity contribution is 5.72. The number of rotatable bonds is 6. The van der Waals surface area contributed by atoms with Gasteiger partial charge in [-0.25, -0.2) is 0 Å². The normalized spacial score (nSPS) is 34.5. The lowest BCUT2D eigenvalue weighted by molar-refractivity contribution is -0.188. The molecule has 218 valence electrons. The smallest absolute Gasteiger partial charge is 0.308 e. The van der Waals surface area contributed by atoms with Crippen molar-refractivity contribution in [3.8, 4) is 0 Å². The van der Waals surface area contributed by atoms with Crippen molar-refractivity contribution >= 4 is 23.9 Å². The maximum atomic E-state index is 13.1. The maximum absolute atomic E-state index is 13.1. The molecule has 0 aromatic carbocycles. The van der Waals surface area contributed by atoms with Crippen molar-refractivity contribution in [3.05, 3.63) is 23.3 Å². The molecule has 1 unspecified atom stereocenters. The van der Waals surface area contributed by atoms with Gasteiger partial charge in [-0.1, -0.05) is 46.8 Å². The van der Waals surface area contributed by atoms with Crippen LogP contribution in [0.3, 0.4) is 0 Å². The van der Waals surface area contributed by atoms with Crippen LogP contribution in [-0.4, -0.2) is 48.3 Å². The van der Waals surface area contributed by atoms with Crippen LogP contribution in [0.2, 0.25) is 0 Å². The van der Waals surface area contributed by atoms with Gasteiger partial charge in [0.1, 0.15) is 24.4 Å². The number of ether oxygens (including phenoxy) is 4. The van der Waals surface area contributed by atoms with Crippen LogP contribution in [-0.2, 0) is 38.1 Å². The van der Waals surface area contributed by atoms with Crippen LogP contribution < -0.4 is 0 Å². The fraction of sp³-hybridized carbons (Fsp3) is 0.742. The summed E-state index contributed by atoms with van der Waals surface area (Å²) in [6.07, 6.45) is 0.463. The number of carbonyl (C=O) groups is 4. The van der Waals surface area contributed by atoms with Crippen molar-refractivity contribution in [3.63, 3.8) is 0 Å². The van der Waals surface area contributed by atoms with Gasteiger partial charge >= 0.3 is 23.9 Å². The van der Waals surface area contributed by atoms with Crippen molar-refractivity contribution in [1.29, 1.82) is 0 Å². The number of carbonyl (C=O) groups excluding carboxylic acids is 4. The summed E-state index contributed by atoms with van der Waals surface area (Å²) in [7, 11) is 0. The number of fused-ring (bicyclic) bond motifs is 3. The average molecular weight is 547 g/mol. The van der Waals surface area contributed by atoms with Gasteiger partial charge in [-0.15, -0.1) is 0 Å². The number of hydrogen-bond acceptors (Lipinski definition) is 8. The first-order chi connectivity index (χ1) is 18.0. The maximum Gasteiger partial charge on any atom is 0.308 e. The van der Waals surface area contributed by atoms with E-state index in [0.717, 1.165) is 11.1 Å². The monoisotopic (exact) mass is 546 g/mol. The Morgan fingerprint density at radius 2 is 1.51 bits per heavy atom. The molecule has 0 amide bonds. The van der Waals surface area contributed by atoms with E-state index in [2.05, 4.69) is 13.5 Å². The number of esters is 4. The third-order valence-electron chi connectivity index (χ3n) is 9.29. The van der Waals surface area contributed by atoms with E-state index in [9.17, 15) is 19.2 Å². The third kappa shape index (κ3) is 6.09. The molecule has 3 rings (SSSR count). The van der Waals surface area contributed by atoms with E-state index in [0.29, 0.717) is 37.7 Å². The third-order valence-corrected chi connectivity index (χ3v) is 9.29. The van der Waals surface area contributed by atoms with Gasteiger partial charge in [0.05, 0.1) is 5.92 Å². The molecule has 2 fully saturated rings. The van der Waals surface area contributed by atoms with Gasteiger partial charge in [-0.05, 0) is 54.6 Å². The second-order valence-corrected chi connectivity index (χ2v) is 12.6. The predicted molar refractivity (Wildman–Crippen MR) is 145 cm³/mol. The van der Waals surface area contributed by atoms with E-state index in [4.69, 9.17) is 18.9 Å². The Morgan fingerprint density at radius 1 is 0.949 bits per heavy atom. The quantitative estimate of drug-likeness (QED) is 0.245. The molecule has 8 nitrogen and oxygen atoms in total. The Bertz CT molecular complexity index is 1050. The topological polar surface area (TPSA) is 105 Å². The molecule has 0 aromatic rings.